The monoisotopic (exact) mass is 390 g/mol. The zero-order valence-corrected chi connectivity index (χ0v) is 15.0. The van der Waals surface area contributed by atoms with E-state index in [0.29, 0.717) is 5.94 Å². The number of hydrogen-bond acceptors (Lipinski definition) is 12. The highest BCUT2D eigenvalue weighted by molar-refractivity contribution is 8.76. The molecular formula is C10H14O8S4. The standard InChI is InChI=1S/C10H14O8S4/c1-7(11)8(12)16-4-21-22-6-18-10(14)9(13)17-5-20-19-3-15-2/h3-6H2,1-2H3. The third-order valence-electron chi connectivity index (χ3n) is 1.50. The van der Waals surface area contributed by atoms with Crippen molar-refractivity contribution < 1.29 is 38.1 Å². The van der Waals surface area contributed by atoms with Crippen LogP contribution in [0.5, 0.6) is 0 Å². The van der Waals surface area contributed by atoms with E-state index in [4.69, 9.17) is 4.74 Å². The lowest BCUT2D eigenvalue weighted by Crippen LogP contribution is -2.19. The quantitative estimate of drug-likeness (QED) is 0.127. The van der Waals surface area contributed by atoms with Gasteiger partial charge in [0.25, 0.3) is 0 Å². The summed E-state index contributed by atoms with van der Waals surface area (Å²) in [5.74, 6) is -3.57. The van der Waals surface area contributed by atoms with Gasteiger partial charge in [-0.15, -0.1) is 0 Å². The number of ether oxygens (including phenoxy) is 4. The van der Waals surface area contributed by atoms with E-state index in [9.17, 15) is 19.2 Å². The first-order valence-electron chi connectivity index (χ1n) is 5.48. The molecule has 8 nitrogen and oxygen atoms in total. The SMILES string of the molecule is COCSSCOC(=O)C(=O)OCSSCOC(=O)C(C)=O. The van der Waals surface area contributed by atoms with Crippen LogP contribution in [0.25, 0.3) is 0 Å². The molecule has 0 bridgehead atoms. The van der Waals surface area contributed by atoms with Crippen LogP contribution in [0.1, 0.15) is 6.92 Å². The van der Waals surface area contributed by atoms with Crippen LogP contribution in [0.4, 0.5) is 0 Å². The molecule has 0 aliphatic rings. The fourth-order valence-corrected chi connectivity index (χ4v) is 3.01. The van der Waals surface area contributed by atoms with E-state index in [2.05, 4.69) is 14.2 Å². The number of rotatable bonds is 11. The Morgan fingerprint density at radius 1 is 0.682 bits per heavy atom. The molecule has 0 spiro atoms. The Bertz CT molecular complexity index is 389. The fraction of sp³-hybridized carbons (Fsp3) is 0.600. The average molecular weight is 390 g/mol. The van der Waals surface area contributed by atoms with E-state index in [1.54, 1.807) is 0 Å². The summed E-state index contributed by atoms with van der Waals surface area (Å²) in [6.45, 7) is 1.10. The lowest BCUT2D eigenvalue weighted by molar-refractivity contribution is -0.164. The molecular weight excluding hydrogens is 376 g/mol. The molecule has 126 valence electrons. The molecule has 0 aromatic rings. The largest absolute Gasteiger partial charge is 0.448 e. The Hall–Kier alpha value is -0.560. The van der Waals surface area contributed by atoms with Gasteiger partial charge in [0.2, 0.25) is 5.78 Å². The van der Waals surface area contributed by atoms with E-state index in [0.717, 1.165) is 28.5 Å². The summed E-state index contributed by atoms with van der Waals surface area (Å²) in [7, 11) is 6.17. The minimum Gasteiger partial charge on any atom is -0.448 e. The van der Waals surface area contributed by atoms with E-state index in [-0.39, 0.29) is 17.8 Å². The van der Waals surface area contributed by atoms with Crippen molar-refractivity contribution in [1.29, 1.82) is 0 Å². The molecule has 0 aliphatic carbocycles. The second-order valence-electron chi connectivity index (χ2n) is 3.08. The van der Waals surface area contributed by atoms with Crippen LogP contribution in [0.2, 0.25) is 0 Å². The van der Waals surface area contributed by atoms with E-state index in [1.807, 2.05) is 0 Å². The first kappa shape index (κ1) is 21.4. The van der Waals surface area contributed by atoms with Gasteiger partial charge >= 0.3 is 17.9 Å². The molecule has 0 aliphatic heterocycles. The second-order valence-corrected chi connectivity index (χ2v) is 7.80. The lowest BCUT2D eigenvalue weighted by atomic mass is 10.5. The highest BCUT2D eigenvalue weighted by Crippen LogP contribution is 2.22. The summed E-state index contributed by atoms with van der Waals surface area (Å²) in [6.07, 6.45) is 0. The predicted octanol–water partition coefficient (Wildman–Crippen LogP) is 1.44. The van der Waals surface area contributed by atoms with Crippen LogP contribution >= 0.6 is 43.2 Å². The normalized spacial score (nSPS) is 9.91. The molecule has 0 atom stereocenters. The van der Waals surface area contributed by atoms with Crippen LogP contribution in [0, 0.1) is 0 Å². The van der Waals surface area contributed by atoms with Crippen molar-refractivity contribution in [2.24, 2.45) is 0 Å². The van der Waals surface area contributed by atoms with Crippen molar-refractivity contribution in [2.45, 2.75) is 6.92 Å². The topological polar surface area (TPSA) is 105 Å². The molecule has 0 fully saturated rings. The Morgan fingerprint density at radius 3 is 1.41 bits per heavy atom. The first-order valence-corrected chi connectivity index (χ1v) is 10.5. The lowest BCUT2D eigenvalue weighted by Gasteiger charge is -2.05. The molecule has 12 heteroatoms. The van der Waals surface area contributed by atoms with Gasteiger partial charge in [0.15, 0.2) is 0 Å². The van der Waals surface area contributed by atoms with Gasteiger partial charge in [-0.3, -0.25) is 4.79 Å². The Morgan fingerprint density at radius 2 is 1.05 bits per heavy atom. The van der Waals surface area contributed by atoms with Crippen LogP contribution in [0.15, 0.2) is 0 Å². The number of esters is 3. The summed E-state index contributed by atoms with van der Waals surface area (Å²) in [5.41, 5.74) is 0. The van der Waals surface area contributed by atoms with Gasteiger partial charge in [-0.2, -0.15) is 0 Å². The zero-order chi connectivity index (χ0) is 16.8. The van der Waals surface area contributed by atoms with Gasteiger partial charge in [0, 0.05) is 14.0 Å². The van der Waals surface area contributed by atoms with Crippen LogP contribution in [0.3, 0.4) is 0 Å². The maximum Gasteiger partial charge on any atom is 0.418 e. The van der Waals surface area contributed by atoms with Crippen molar-refractivity contribution >= 4 is 66.9 Å². The molecule has 0 N–H and O–H groups in total. The summed E-state index contributed by atoms with van der Waals surface area (Å²) in [4.78, 5) is 43.7. The number of ketones is 1. The highest BCUT2D eigenvalue weighted by Gasteiger charge is 2.17. The van der Waals surface area contributed by atoms with E-state index < -0.39 is 23.7 Å². The molecule has 0 radical (unpaired) electrons. The predicted molar refractivity (Wildman–Crippen MR) is 85.8 cm³/mol. The number of methoxy groups -OCH3 is 1. The molecule has 0 aromatic heterocycles. The van der Waals surface area contributed by atoms with Crippen molar-refractivity contribution in [3.8, 4) is 0 Å². The maximum absolute atomic E-state index is 11.2. The van der Waals surface area contributed by atoms with Gasteiger partial charge in [-0.1, -0.05) is 21.6 Å². The molecule has 0 saturated carbocycles. The molecule has 0 amide bonds. The smallest absolute Gasteiger partial charge is 0.418 e. The molecule has 0 aromatic carbocycles. The van der Waals surface area contributed by atoms with Gasteiger partial charge in [0.1, 0.15) is 23.8 Å². The third-order valence-corrected chi connectivity index (χ3v) is 4.96. The second kappa shape index (κ2) is 14.1. The Labute approximate surface area is 142 Å². The molecule has 0 heterocycles. The Kier molecular flexibility index (Phi) is 13.7. The van der Waals surface area contributed by atoms with Crippen molar-refractivity contribution in [1.82, 2.24) is 0 Å². The third kappa shape index (κ3) is 12.0. The minimum atomic E-state index is -1.11. The van der Waals surface area contributed by atoms with Crippen molar-refractivity contribution in [2.75, 3.05) is 30.9 Å². The molecule has 0 rings (SSSR count). The fourth-order valence-electron chi connectivity index (χ4n) is 0.636. The minimum absolute atomic E-state index is 0.00481. The number of Topliss-reactive ketones (excluding diaryl/α,β-unsaturated/α-hetero) is 1. The molecule has 0 saturated heterocycles. The van der Waals surface area contributed by atoms with Gasteiger partial charge in [0.05, 0.1) is 0 Å². The van der Waals surface area contributed by atoms with Crippen LogP contribution in [-0.2, 0) is 38.1 Å². The van der Waals surface area contributed by atoms with Crippen molar-refractivity contribution in [3.05, 3.63) is 0 Å². The number of hydrogen-bond donors (Lipinski definition) is 0. The maximum atomic E-state index is 11.2. The average Bonchev–Trinajstić information content (AvgIpc) is 2.49. The number of carbonyl (C=O) groups excluding carboxylic acids is 4. The summed E-state index contributed by atoms with van der Waals surface area (Å²) in [6, 6.07) is 0. The van der Waals surface area contributed by atoms with Crippen LogP contribution < -0.4 is 0 Å². The number of carbonyl (C=O) groups is 4. The van der Waals surface area contributed by atoms with Crippen molar-refractivity contribution in [3.63, 3.8) is 0 Å². The van der Waals surface area contributed by atoms with Crippen LogP contribution in [-0.4, -0.2) is 54.6 Å². The van der Waals surface area contributed by atoms with E-state index >= 15 is 0 Å². The first-order chi connectivity index (χ1) is 10.5. The van der Waals surface area contributed by atoms with E-state index in [1.165, 1.54) is 28.7 Å². The summed E-state index contributed by atoms with van der Waals surface area (Å²) >= 11 is 0. The zero-order valence-electron chi connectivity index (χ0n) is 11.7. The van der Waals surface area contributed by atoms with Gasteiger partial charge in [-0.25, -0.2) is 14.4 Å². The summed E-state index contributed by atoms with van der Waals surface area (Å²) < 4.78 is 18.6. The Balaban J connectivity index is 3.54. The molecule has 22 heavy (non-hydrogen) atoms. The highest BCUT2D eigenvalue weighted by atomic mass is 33.1. The summed E-state index contributed by atoms with van der Waals surface area (Å²) in [5, 5.41) is 0. The molecule has 0 unspecified atom stereocenters. The van der Waals surface area contributed by atoms with Gasteiger partial charge in [-0.05, 0) is 21.6 Å². The van der Waals surface area contributed by atoms with Gasteiger partial charge < -0.3 is 18.9 Å².